The second-order valence-electron chi connectivity index (χ2n) is 4.80. The highest BCUT2D eigenvalue weighted by atomic mass is 16.1. The maximum Gasteiger partial charge on any atom is 0.164 e. The van der Waals surface area contributed by atoms with Gasteiger partial charge in [-0.05, 0) is 20.3 Å². The number of allylic oxidation sites excluding steroid dienone is 1. The van der Waals surface area contributed by atoms with E-state index >= 15 is 0 Å². The topological polar surface area (TPSA) is 41.5 Å². The van der Waals surface area contributed by atoms with Crippen molar-refractivity contribution in [2.45, 2.75) is 32.7 Å². The largest absolute Gasteiger partial charge is 0.307 e. The Morgan fingerprint density at radius 1 is 1.33 bits per heavy atom. The van der Waals surface area contributed by atoms with Crippen LogP contribution in [-0.2, 0) is 4.79 Å². The van der Waals surface area contributed by atoms with Crippen LogP contribution in [-0.4, -0.2) is 17.5 Å². The van der Waals surface area contributed by atoms with Gasteiger partial charge in [-0.15, -0.1) is 0 Å². The normalized spacial score (nSPS) is 23.7. The Bertz CT molecular complexity index is 500. The molecular formula is C15H18N2O. The van der Waals surface area contributed by atoms with Crippen LogP contribution in [0.2, 0.25) is 0 Å². The summed E-state index contributed by atoms with van der Waals surface area (Å²) < 4.78 is 0. The number of rotatable bonds is 1. The van der Waals surface area contributed by atoms with Crippen molar-refractivity contribution < 1.29 is 4.79 Å². The Labute approximate surface area is 108 Å². The standard InChI is InChI=1S/C15H18N2O/c1-10-4-7-13(8-5-10)15-12(3)14(18)9-6-11(2)16-17-15/h4-5,7-8,11,16H,3,6,9H2,1-2H3/b17-15+/t11-/m1/s1. The van der Waals surface area contributed by atoms with Crippen molar-refractivity contribution >= 4 is 11.5 Å². The van der Waals surface area contributed by atoms with Crippen LogP contribution < -0.4 is 5.43 Å². The molecule has 0 spiro atoms. The van der Waals surface area contributed by atoms with Gasteiger partial charge in [-0.1, -0.05) is 36.4 Å². The Morgan fingerprint density at radius 3 is 2.67 bits per heavy atom. The molecule has 3 heteroatoms. The minimum absolute atomic E-state index is 0.0858. The van der Waals surface area contributed by atoms with Gasteiger partial charge in [0, 0.05) is 23.6 Å². The third-order valence-corrected chi connectivity index (χ3v) is 3.15. The number of hydrogen-bond donors (Lipinski definition) is 1. The molecule has 0 aromatic heterocycles. The van der Waals surface area contributed by atoms with Gasteiger partial charge < -0.3 is 5.43 Å². The van der Waals surface area contributed by atoms with Crippen molar-refractivity contribution in [1.29, 1.82) is 0 Å². The summed E-state index contributed by atoms with van der Waals surface area (Å²) >= 11 is 0. The van der Waals surface area contributed by atoms with Crippen LogP contribution in [0.3, 0.4) is 0 Å². The molecule has 0 radical (unpaired) electrons. The molecule has 0 saturated heterocycles. The molecule has 3 nitrogen and oxygen atoms in total. The molecule has 18 heavy (non-hydrogen) atoms. The number of carbonyl (C=O) groups is 1. The van der Waals surface area contributed by atoms with E-state index in [9.17, 15) is 4.79 Å². The maximum absolute atomic E-state index is 12.0. The number of carbonyl (C=O) groups excluding carboxylic acids is 1. The van der Waals surface area contributed by atoms with Crippen LogP contribution in [0.25, 0.3) is 0 Å². The third kappa shape index (κ3) is 2.67. The highest BCUT2D eigenvalue weighted by Gasteiger charge is 2.19. The summed E-state index contributed by atoms with van der Waals surface area (Å²) in [7, 11) is 0. The summed E-state index contributed by atoms with van der Waals surface area (Å²) in [4.78, 5) is 12.0. The van der Waals surface area contributed by atoms with E-state index in [0.717, 1.165) is 12.0 Å². The zero-order valence-electron chi connectivity index (χ0n) is 10.9. The van der Waals surface area contributed by atoms with Crippen LogP contribution in [0.1, 0.15) is 30.9 Å². The highest BCUT2D eigenvalue weighted by Crippen LogP contribution is 2.15. The van der Waals surface area contributed by atoms with Gasteiger partial charge in [0.15, 0.2) is 5.78 Å². The zero-order valence-corrected chi connectivity index (χ0v) is 10.9. The fraction of sp³-hybridized carbons (Fsp3) is 0.333. The van der Waals surface area contributed by atoms with Crippen LogP contribution >= 0.6 is 0 Å². The van der Waals surface area contributed by atoms with Gasteiger partial charge in [0.2, 0.25) is 0 Å². The van der Waals surface area contributed by atoms with E-state index in [-0.39, 0.29) is 11.8 Å². The number of aryl methyl sites for hydroxylation is 1. The Balaban J connectivity index is 2.38. The molecule has 1 aliphatic heterocycles. The average Bonchev–Trinajstić information content (AvgIpc) is 2.36. The van der Waals surface area contributed by atoms with Crippen LogP contribution in [0.15, 0.2) is 41.5 Å². The van der Waals surface area contributed by atoms with Gasteiger partial charge in [0.1, 0.15) is 5.71 Å². The summed E-state index contributed by atoms with van der Waals surface area (Å²) in [5.74, 6) is 0.0858. The molecule has 1 atom stereocenters. The first-order chi connectivity index (χ1) is 8.58. The molecule has 0 bridgehead atoms. The molecule has 1 aromatic carbocycles. The second-order valence-corrected chi connectivity index (χ2v) is 4.80. The van der Waals surface area contributed by atoms with Crippen molar-refractivity contribution in [1.82, 2.24) is 5.43 Å². The molecule has 0 fully saturated rings. The van der Waals surface area contributed by atoms with Gasteiger partial charge >= 0.3 is 0 Å². The Kier molecular flexibility index (Phi) is 3.60. The monoisotopic (exact) mass is 242 g/mol. The van der Waals surface area contributed by atoms with Crippen molar-refractivity contribution in [3.63, 3.8) is 0 Å². The van der Waals surface area contributed by atoms with Gasteiger partial charge in [-0.25, -0.2) is 0 Å². The molecule has 0 amide bonds. The molecule has 1 aliphatic rings. The number of nitrogens with zero attached hydrogens (tertiary/aromatic N) is 1. The number of hydrogen-bond acceptors (Lipinski definition) is 3. The van der Waals surface area contributed by atoms with Gasteiger partial charge in [-0.3, -0.25) is 4.79 Å². The molecule has 1 heterocycles. The lowest BCUT2D eigenvalue weighted by Crippen LogP contribution is -2.28. The van der Waals surface area contributed by atoms with Gasteiger partial charge in [-0.2, -0.15) is 5.10 Å². The lowest BCUT2D eigenvalue weighted by atomic mass is 9.96. The van der Waals surface area contributed by atoms with E-state index in [0.29, 0.717) is 17.7 Å². The predicted molar refractivity (Wildman–Crippen MR) is 73.7 cm³/mol. The van der Waals surface area contributed by atoms with Crippen molar-refractivity contribution in [2.75, 3.05) is 0 Å². The zero-order chi connectivity index (χ0) is 13.1. The Morgan fingerprint density at radius 2 is 2.00 bits per heavy atom. The number of nitrogens with one attached hydrogen (secondary N) is 1. The molecule has 0 unspecified atom stereocenters. The molecular weight excluding hydrogens is 224 g/mol. The summed E-state index contributed by atoms with van der Waals surface area (Å²) in [6.45, 7) is 7.94. The lowest BCUT2D eigenvalue weighted by Gasteiger charge is -2.18. The van der Waals surface area contributed by atoms with Crippen molar-refractivity contribution in [3.8, 4) is 0 Å². The summed E-state index contributed by atoms with van der Waals surface area (Å²) in [6.07, 6.45) is 1.32. The second kappa shape index (κ2) is 5.17. The van der Waals surface area contributed by atoms with E-state index in [1.807, 2.05) is 38.1 Å². The molecule has 1 aromatic rings. The quantitative estimate of drug-likeness (QED) is 0.769. The van der Waals surface area contributed by atoms with E-state index in [1.165, 1.54) is 5.56 Å². The van der Waals surface area contributed by atoms with Crippen LogP contribution in [0.4, 0.5) is 0 Å². The van der Waals surface area contributed by atoms with E-state index in [2.05, 4.69) is 17.1 Å². The highest BCUT2D eigenvalue weighted by molar-refractivity contribution is 6.28. The number of benzene rings is 1. The van der Waals surface area contributed by atoms with Gasteiger partial charge in [0.05, 0.1) is 0 Å². The average molecular weight is 242 g/mol. The smallest absolute Gasteiger partial charge is 0.164 e. The molecule has 1 N–H and O–H groups in total. The number of ketones is 1. The van der Waals surface area contributed by atoms with Crippen LogP contribution in [0.5, 0.6) is 0 Å². The molecule has 0 saturated carbocycles. The fourth-order valence-corrected chi connectivity index (χ4v) is 1.89. The number of hydrazone groups is 1. The van der Waals surface area contributed by atoms with E-state index < -0.39 is 0 Å². The number of Topliss-reactive ketones (excluding diaryl/α,β-unsaturated/α-hetero) is 1. The first kappa shape index (κ1) is 12.6. The minimum atomic E-state index is 0.0858. The van der Waals surface area contributed by atoms with Gasteiger partial charge in [0.25, 0.3) is 0 Å². The van der Waals surface area contributed by atoms with Crippen LogP contribution in [0, 0.1) is 6.92 Å². The summed E-state index contributed by atoms with van der Waals surface area (Å²) in [5, 5.41) is 4.34. The van der Waals surface area contributed by atoms with Crippen molar-refractivity contribution in [2.24, 2.45) is 5.10 Å². The summed E-state index contributed by atoms with van der Waals surface area (Å²) in [5.41, 5.74) is 6.35. The first-order valence-electron chi connectivity index (χ1n) is 6.20. The van der Waals surface area contributed by atoms with E-state index in [4.69, 9.17) is 0 Å². The maximum atomic E-state index is 12.0. The fourth-order valence-electron chi connectivity index (χ4n) is 1.89. The Hall–Kier alpha value is -1.90. The lowest BCUT2D eigenvalue weighted by molar-refractivity contribution is -0.115. The molecule has 0 aliphatic carbocycles. The minimum Gasteiger partial charge on any atom is -0.307 e. The third-order valence-electron chi connectivity index (χ3n) is 3.15. The molecule has 94 valence electrons. The first-order valence-corrected chi connectivity index (χ1v) is 6.20. The van der Waals surface area contributed by atoms with Crippen molar-refractivity contribution in [3.05, 3.63) is 47.5 Å². The van der Waals surface area contributed by atoms with E-state index in [1.54, 1.807) is 0 Å². The SMILES string of the molecule is C=C1C(=O)CC[C@@H](C)N/N=C\1c1ccc(C)cc1. The predicted octanol–water partition coefficient (Wildman–Crippen LogP) is 2.60. The summed E-state index contributed by atoms with van der Waals surface area (Å²) in [6, 6.07) is 8.18. The molecule has 2 rings (SSSR count).